The van der Waals surface area contributed by atoms with Crippen molar-refractivity contribution in [1.82, 2.24) is 20.3 Å². The Morgan fingerprint density at radius 1 is 0.939 bits per heavy atom. The minimum atomic E-state index is -4.79. The molecular formula is C35H26F3N5O6. The summed E-state index contributed by atoms with van der Waals surface area (Å²) in [6.45, 7) is 3.53. The number of hydrogen-bond donors (Lipinski definition) is 2. The molecular weight excluding hydrogens is 643 g/mol. The van der Waals surface area contributed by atoms with Crippen LogP contribution in [-0.4, -0.2) is 51.7 Å². The van der Waals surface area contributed by atoms with Crippen LogP contribution in [-0.2, 0) is 22.1 Å². The van der Waals surface area contributed by atoms with Gasteiger partial charge >= 0.3 is 18.2 Å². The highest BCUT2D eigenvalue weighted by molar-refractivity contribution is 6.43. The van der Waals surface area contributed by atoms with Gasteiger partial charge in [-0.25, -0.2) is 19.6 Å². The highest BCUT2D eigenvalue weighted by Crippen LogP contribution is 2.41. The van der Waals surface area contributed by atoms with Crippen molar-refractivity contribution in [1.29, 1.82) is 0 Å². The van der Waals surface area contributed by atoms with Crippen molar-refractivity contribution in [3.05, 3.63) is 107 Å². The standard InChI is InChI=1S/C35H26F3N5O6/c1-3-40-34(47)43-28-13-25(32-42-27(17-49-32)35(36,37)38)26(16-41-28)19-11-20(15-39-14-19)30(44)23-10-9-22-21-8-6-5-7-18(21)12-24(22)29(23)31(45)33(46)48-4-2/h5-11,13-17H,3-4,12H2,1-2H3,(H2,40,41,43,47). The Balaban J connectivity index is 1.44. The largest absolute Gasteiger partial charge is 0.460 e. The van der Waals surface area contributed by atoms with Crippen molar-refractivity contribution in [3.63, 3.8) is 0 Å². The van der Waals surface area contributed by atoms with Gasteiger partial charge in [0, 0.05) is 53.0 Å². The highest BCUT2D eigenvalue weighted by atomic mass is 19.4. The Morgan fingerprint density at radius 3 is 2.47 bits per heavy atom. The van der Waals surface area contributed by atoms with Gasteiger partial charge in [-0.15, -0.1) is 0 Å². The predicted octanol–water partition coefficient (Wildman–Crippen LogP) is 6.51. The minimum Gasteiger partial charge on any atom is -0.460 e. The first-order valence-electron chi connectivity index (χ1n) is 15.0. The van der Waals surface area contributed by atoms with Crippen molar-refractivity contribution in [2.45, 2.75) is 26.4 Å². The maximum absolute atomic E-state index is 14.1. The Bertz CT molecular complexity index is 2140. The number of ketones is 2. The van der Waals surface area contributed by atoms with Gasteiger partial charge in [0.05, 0.1) is 12.2 Å². The Labute approximate surface area is 276 Å². The number of benzene rings is 2. The number of rotatable bonds is 9. The molecule has 0 aliphatic heterocycles. The summed E-state index contributed by atoms with van der Waals surface area (Å²) in [6.07, 6.45) is -0.137. The van der Waals surface area contributed by atoms with Gasteiger partial charge in [-0.2, -0.15) is 13.2 Å². The first-order chi connectivity index (χ1) is 23.5. The molecule has 3 aromatic heterocycles. The topological polar surface area (TPSA) is 153 Å². The molecule has 3 heterocycles. The van der Waals surface area contributed by atoms with E-state index in [1.54, 1.807) is 19.9 Å². The lowest BCUT2D eigenvalue weighted by Crippen LogP contribution is -2.28. The number of oxazole rings is 1. The second-order valence-corrected chi connectivity index (χ2v) is 10.8. The maximum Gasteiger partial charge on any atom is 0.436 e. The molecule has 14 heteroatoms. The normalized spacial score (nSPS) is 11.8. The number of carbonyl (C=O) groups excluding carboxylic acids is 4. The number of ether oxygens (including phenoxy) is 1. The van der Waals surface area contributed by atoms with Crippen LogP contribution in [0.5, 0.6) is 0 Å². The molecule has 0 radical (unpaired) electrons. The summed E-state index contributed by atoms with van der Waals surface area (Å²) < 4.78 is 50.5. The monoisotopic (exact) mass is 669 g/mol. The summed E-state index contributed by atoms with van der Waals surface area (Å²) in [5.74, 6) is -3.15. The molecule has 0 atom stereocenters. The number of nitrogens with one attached hydrogen (secondary N) is 2. The van der Waals surface area contributed by atoms with Gasteiger partial charge in [0.25, 0.3) is 5.78 Å². The van der Waals surface area contributed by atoms with Gasteiger partial charge in [0.2, 0.25) is 5.89 Å². The van der Waals surface area contributed by atoms with E-state index in [4.69, 9.17) is 9.15 Å². The number of hydrogen-bond acceptors (Lipinski definition) is 9. The van der Waals surface area contributed by atoms with Crippen LogP contribution in [0.25, 0.3) is 33.7 Å². The Morgan fingerprint density at radius 2 is 1.73 bits per heavy atom. The minimum absolute atomic E-state index is 0.00438. The zero-order chi connectivity index (χ0) is 34.9. The molecule has 6 rings (SSSR count). The zero-order valence-electron chi connectivity index (χ0n) is 26.0. The number of esters is 1. The third-order valence-corrected chi connectivity index (χ3v) is 7.74. The van der Waals surface area contributed by atoms with Gasteiger partial charge in [0.15, 0.2) is 11.5 Å². The number of fused-ring (bicyclic) bond motifs is 3. The first-order valence-corrected chi connectivity index (χ1v) is 15.0. The SMILES string of the molecule is CCNC(=O)Nc1cc(-c2nc(C(F)(F)F)co2)c(-c2cncc(C(=O)c3ccc4c(c3C(=O)C(=O)OCC)Cc3ccccc3-4)c2)cn1. The number of alkyl halides is 3. The molecule has 248 valence electrons. The molecule has 2 aromatic carbocycles. The molecule has 1 aliphatic rings. The summed E-state index contributed by atoms with van der Waals surface area (Å²) in [6, 6.07) is 12.8. The van der Waals surface area contributed by atoms with E-state index < -0.39 is 41.3 Å². The Kier molecular flexibility index (Phi) is 8.78. The van der Waals surface area contributed by atoms with Gasteiger partial charge in [-0.05, 0) is 60.7 Å². The molecule has 1 aliphatic carbocycles. The van der Waals surface area contributed by atoms with Crippen LogP contribution < -0.4 is 10.6 Å². The van der Waals surface area contributed by atoms with Gasteiger partial charge in [0.1, 0.15) is 12.1 Å². The summed E-state index contributed by atoms with van der Waals surface area (Å²) in [5.41, 5.74) is 2.05. The third kappa shape index (κ3) is 6.40. The maximum atomic E-state index is 14.1. The molecule has 5 aromatic rings. The van der Waals surface area contributed by atoms with Crippen LogP contribution in [0.15, 0.2) is 77.8 Å². The molecule has 49 heavy (non-hydrogen) atoms. The zero-order valence-corrected chi connectivity index (χ0v) is 26.0. The van der Waals surface area contributed by atoms with Gasteiger partial charge in [-0.3, -0.25) is 19.9 Å². The fraction of sp³-hybridized carbons (Fsp3) is 0.171. The van der Waals surface area contributed by atoms with Crippen LogP contribution >= 0.6 is 0 Å². The van der Waals surface area contributed by atoms with Crippen LogP contribution in [0.3, 0.4) is 0 Å². The molecule has 2 N–H and O–H groups in total. The summed E-state index contributed by atoms with van der Waals surface area (Å²) >= 11 is 0. The third-order valence-electron chi connectivity index (χ3n) is 7.74. The van der Waals surface area contributed by atoms with Gasteiger partial charge in [-0.1, -0.05) is 30.3 Å². The second kappa shape index (κ2) is 13.1. The van der Waals surface area contributed by atoms with E-state index in [-0.39, 0.29) is 45.8 Å². The fourth-order valence-electron chi connectivity index (χ4n) is 5.61. The van der Waals surface area contributed by atoms with E-state index in [1.807, 2.05) is 24.3 Å². The number of pyridine rings is 2. The molecule has 0 unspecified atom stereocenters. The molecule has 0 fully saturated rings. The summed E-state index contributed by atoms with van der Waals surface area (Å²) in [5, 5.41) is 5.02. The van der Waals surface area contributed by atoms with Gasteiger partial charge < -0.3 is 14.5 Å². The van der Waals surface area contributed by atoms with Crippen molar-refractivity contribution >= 4 is 29.4 Å². The first kappa shape index (κ1) is 32.7. The second-order valence-electron chi connectivity index (χ2n) is 10.8. The van der Waals surface area contributed by atoms with E-state index in [0.717, 1.165) is 11.1 Å². The van der Waals surface area contributed by atoms with Crippen molar-refractivity contribution in [2.75, 3.05) is 18.5 Å². The van der Waals surface area contributed by atoms with E-state index in [9.17, 15) is 32.3 Å². The van der Waals surface area contributed by atoms with E-state index in [2.05, 4.69) is 25.6 Å². The van der Waals surface area contributed by atoms with Crippen molar-refractivity contribution in [2.24, 2.45) is 0 Å². The smallest absolute Gasteiger partial charge is 0.436 e. The highest BCUT2D eigenvalue weighted by Gasteiger charge is 2.36. The van der Waals surface area contributed by atoms with Crippen LogP contribution in [0.1, 0.15) is 56.9 Å². The number of nitrogens with zero attached hydrogens (tertiary/aromatic N) is 3. The average Bonchev–Trinajstić information content (AvgIpc) is 3.74. The number of halogens is 3. The number of Topliss-reactive ketones (excluding diaryl/α,β-unsaturated/α-hetero) is 1. The molecule has 11 nitrogen and oxygen atoms in total. The van der Waals surface area contributed by atoms with Crippen LogP contribution in [0, 0.1) is 0 Å². The van der Waals surface area contributed by atoms with Crippen molar-refractivity contribution < 1.29 is 41.5 Å². The Hall–Kier alpha value is -6.18. The summed E-state index contributed by atoms with van der Waals surface area (Å²) in [7, 11) is 0. The average molecular weight is 670 g/mol. The van der Waals surface area contributed by atoms with Crippen LogP contribution in [0.2, 0.25) is 0 Å². The fourth-order valence-corrected chi connectivity index (χ4v) is 5.61. The van der Waals surface area contributed by atoms with Crippen LogP contribution in [0.4, 0.5) is 23.8 Å². The summed E-state index contributed by atoms with van der Waals surface area (Å²) in [4.78, 5) is 64.5. The number of carbonyl (C=O) groups is 4. The lowest BCUT2D eigenvalue weighted by molar-refractivity contribution is -0.141. The lowest BCUT2D eigenvalue weighted by Gasteiger charge is -2.14. The molecule has 0 spiro atoms. The number of amides is 2. The molecule has 0 saturated carbocycles. The van der Waals surface area contributed by atoms with Crippen molar-refractivity contribution in [3.8, 4) is 33.7 Å². The molecule has 0 bridgehead atoms. The molecule has 2 amide bonds. The molecule has 0 saturated heterocycles. The predicted molar refractivity (Wildman–Crippen MR) is 170 cm³/mol. The number of anilines is 1. The van der Waals surface area contributed by atoms with E-state index >= 15 is 0 Å². The quantitative estimate of drug-likeness (QED) is 0.0997. The van der Waals surface area contributed by atoms with E-state index in [0.29, 0.717) is 30.4 Å². The number of aromatic nitrogens is 3. The number of urea groups is 1. The van der Waals surface area contributed by atoms with E-state index in [1.165, 1.54) is 36.8 Å². The lowest BCUT2D eigenvalue weighted by atomic mass is 9.89.